The van der Waals surface area contributed by atoms with Crippen molar-refractivity contribution in [2.45, 2.75) is 0 Å². The zero-order chi connectivity index (χ0) is 16.9. The Morgan fingerprint density at radius 3 is 2.88 bits per heavy atom. The molecule has 0 atom stereocenters. The highest BCUT2D eigenvalue weighted by molar-refractivity contribution is 8.18. The summed E-state index contributed by atoms with van der Waals surface area (Å²) >= 11 is 1.30. The van der Waals surface area contributed by atoms with Crippen molar-refractivity contribution in [3.8, 4) is 5.75 Å². The van der Waals surface area contributed by atoms with Crippen LogP contribution in [-0.4, -0.2) is 54.9 Å². The Morgan fingerprint density at radius 2 is 2.12 bits per heavy atom. The first-order valence-electron chi connectivity index (χ1n) is 7.40. The number of amidine groups is 1. The molecule has 1 amide bonds. The van der Waals surface area contributed by atoms with Gasteiger partial charge in [-0.1, -0.05) is 18.2 Å². The molecule has 0 unspecified atom stereocenters. The zero-order valence-corrected chi connectivity index (χ0v) is 13.6. The number of carboxylic acids is 1. The van der Waals surface area contributed by atoms with Crippen LogP contribution in [0.5, 0.6) is 5.75 Å². The minimum Gasteiger partial charge on any atom is -0.546 e. The lowest BCUT2D eigenvalue weighted by atomic mass is 10.2. The van der Waals surface area contributed by atoms with Gasteiger partial charge >= 0.3 is 0 Å². The number of nitrogens with zero attached hydrogens (tertiary/aromatic N) is 2. The van der Waals surface area contributed by atoms with Crippen LogP contribution in [0.1, 0.15) is 5.56 Å². The van der Waals surface area contributed by atoms with Crippen molar-refractivity contribution in [1.82, 2.24) is 4.90 Å². The van der Waals surface area contributed by atoms with E-state index in [2.05, 4.69) is 4.99 Å². The Kier molecular flexibility index (Phi) is 5.17. The molecule has 0 saturated carbocycles. The zero-order valence-electron chi connectivity index (χ0n) is 12.8. The highest BCUT2D eigenvalue weighted by atomic mass is 32.2. The van der Waals surface area contributed by atoms with E-state index >= 15 is 0 Å². The molecule has 1 aromatic rings. The molecule has 2 heterocycles. The molecule has 0 aromatic heterocycles. The van der Waals surface area contributed by atoms with Gasteiger partial charge in [-0.05, 0) is 23.9 Å². The normalized spacial score (nSPS) is 19.5. The number of hydrogen-bond donors (Lipinski definition) is 0. The molecule has 2 aliphatic heterocycles. The second-order valence-corrected chi connectivity index (χ2v) is 6.12. The van der Waals surface area contributed by atoms with Gasteiger partial charge < -0.3 is 24.3 Å². The molecule has 126 valence electrons. The van der Waals surface area contributed by atoms with E-state index in [4.69, 9.17) is 9.47 Å². The maximum absolute atomic E-state index is 12.1. The summed E-state index contributed by atoms with van der Waals surface area (Å²) in [5.74, 6) is -1.24. The van der Waals surface area contributed by atoms with Gasteiger partial charge in [-0.25, -0.2) is 0 Å². The summed E-state index contributed by atoms with van der Waals surface area (Å²) in [6, 6.07) is 6.90. The van der Waals surface area contributed by atoms with Gasteiger partial charge in [0.15, 0.2) is 5.17 Å². The minimum atomic E-state index is -1.30. The van der Waals surface area contributed by atoms with Crippen molar-refractivity contribution >= 4 is 34.9 Å². The smallest absolute Gasteiger partial charge is 0.286 e. The first-order chi connectivity index (χ1) is 11.6. The van der Waals surface area contributed by atoms with Gasteiger partial charge in [-0.15, -0.1) is 0 Å². The number of para-hydroxylation sites is 1. The maximum atomic E-state index is 12.1. The summed E-state index contributed by atoms with van der Waals surface area (Å²) in [5.41, 5.74) is 0.619. The Hall–Kier alpha value is -2.32. The van der Waals surface area contributed by atoms with Crippen LogP contribution in [-0.2, 0) is 14.3 Å². The lowest BCUT2D eigenvalue weighted by molar-refractivity contribution is -0.307. The summed E-state index contributed by atoms with van der Waals surface area (Å²) in [7, 11) is 0. The molecule has 0 N–H and O–H groups in total. The SMILES string of the molecule is O=C([O-])COc1ccccc1/C=C1/SC(N2CCOCC2)=NC1=O. The molecule has 2 aliphatic rings. The third-order valence-electron chi connectivity index (χ3n) is 3.44. The van der Waals surface area contributed by atoms with E-state index in [1.165, 1.54) is 11.8 Å². The highest BCUT2D eigenvalue weighted by Crippen LogP contribution is 2.32. The molecule has 0 spiro atoms. The first-order valence-corrected chi connectivity index (χ1v) is 8.22. The van der Waals surface area contributed by atoms with E-state index in [-0.39, 0.29) is 5.91 Å². The lowest BCUT2D eigenvalue weighted by Crippen LogP contribution is -2.38. The fraction of sp³-hybridized carbons (Fsp3) is 0.312. The number of hydrogen-bond acceptors (Lipinski definition) is 7. The Morgan fingerprint density at radius 1 is 1.38 bits per heavy atom. The van der Waals surface area contributed by atoms with E-state index in [1.807, 2.05) is 4.90 Å². The highest BCUT2D eigenvalue weighted by Gasteiger charge is 2.27. The lowest BCUT2D eigenvalue weighted by Gasteiger charge is -2.27. The van der Waals surface area contributed by atoms with E-state index < -0.39 is 12.6 Å². The molecule has 8 heteroatoms. The summed E-state index contributed by atoms with van der Waals surface area (Å²) in [5, 5.41) is 11.2. The van der Waals surface area contributed by atoms with Crippen molar-refractivity contribution in [2.75, 3.05) is 32.9 Å². The number of carbonyl (C=O) groups excluding carboxylic acids is 2. The van der Waals surface area contributed by atoms with E-state index in [1.54, 1.807) is 30.3 Å². The largest absolute Gasteiger partial charge is 0.546 e. The van der Waals surface area contributed by atoms with Gasteiger partial charge in [0.25, 0.3) is 5.91 Å². The summed E-state index contributed by atoms with van der Waals surface area (Å²) in [6.07, 6.45) is 1.66. The third kappa shape index (κ3) is 3.95. The molecule has 7 nitrogen and oxygen atoms in total. The van der Waals surface area contributed by atoms with Crippen LogP contribution in [0.4, 0.5) is 0 Å². The van der Waals surface area contributed by atoms with Gasteiger partial charge in [0, 0.05) is 18.7 Å². The van der Waals surface area contributed by atoms with Crippen molar-refractivity contribution < 1.29 is 24.2 Å². The minimum absolute atomic E-state index is 0.309. The first kappa shape index (κ1) is 16.5. The van der Waals surface area contributed by atoms with E-state index in [0.717, 1.165) is 0 Å². The summed E-state index contributed by atoms with van der Waals surface area (Å²) < 4.78 is 10.5. The van der Waals surface area contributed by atoms with Crippen LogP contribution < -0.4 is 9.84 Å². The number of rotatable bonds is 4. The molecule has 24 heavy (non-hydrogen) atoms. The molecule has 0 radical (unpaired) electrons. The Bertz CT molecular complexity index is 710. The number of amides is 1. The van der Waals surface area contributed by atoms with Gasteiger partial charge in [0.1, 0.15) is 12.4 Å². The number of carbonyl (C=O) groups is 2. The molecule has 1 saturated heterocycles. The standard InChI is InChI=1S/C16H16N2O5S/c19-14(20)10-23-12-4-2-1-3-11(12)9-13-15(21)17-16(24-13)18-5-7-22-8-6-18/h1-4,9H,5-8,10H2,(H,19,20)/p-1/b13-9+. The molecule has 1 aromatic carbocycles. The summed E-state index contributed by atoms with van der Waals surface area (Å²) in [4.78, 5) is 29.3. The number of morpholine rings is 1. The second kappa shape index (κ2) is 7.50. The molecular formula is C16H15N2O5S-. The average molecular weight is 347 g/mol. The number of aliphatic imine (C=N–C) groups is 1. The number of thioether (sulfide) groups is 1. The van der Waals surface area contributed by atoms with Crippen LogP contribution in [0.2, 0.25) is 0 Å². The van der Waals surface area contributed by atoms with Crippen molar-refractivity contribution in [3.05, 3.63) is 34.7 Å². The van der Waals surface area contributed by atoms with Gasteiger partial charge in [0.2, 0.25) is 0 Å². The van der Waals surface area contributed by atoms with Crippen LogP contribution in [0, 0.1) is 0 Å². The van der Waals surface area contributed by atoms with Crippen LogP contribution >= 0.6 is 11.8 Å². The second-order valence-electron chi connectivity index (χ2n) is 5.11. The molecule has 3 rings (SSSR count). The molecule has 1 fully saturated rings. The third-order valence-corrected chi connectivity index (χ3v) is 4.49. The fourth-order valence-corrected chi connectivity index (χ4v) is 3.25. The maximum Gasteiger partial charge on any atom is 0.286 e. The number of benzene rings is 1. The summed E-state index contributed by atoms with van der Waals surface area (Å²) in [6.45, 7) is 2.10. The van der Waals surface area contributed by atoms with Crippen molar-refractivity contribution in [2.24, 2.45) is 4.99 Å². The van der Waals surface area contributed by atoms with Crippen molar-refractivity contribution in [3.63, 3.8) is 0 Å². The van der Waals surface area contributed by atoms with E-state index in [9.17, 15) is 14.7 Å². The molecule has 0 bridgehead atoms. The van der Waals surface area contributed by atoms with Gasteiger partial charge in [-0.2, -0.15) is 4.99 Å². The van der Waals surface area contributed by atoms with Crippen molar-refractivity contribution in [1.29, 1.82) is 0 Å². The Labute approximate surface area is 143 Å². The van der Waals surface area contributed by atoms with Gasteiger partial charge in [-0.3, -0.25) is 4.79 Å². The fourth-order valence-electron chi connectivity index (χ4n) is 2.30. The Balaban J connectivity index is 1.75. The van der Waals surface area contributed by atoms with Gasteiger partial charge in [0.05, 0.1) is 24.1 Å². The van der Waals surface area contributed by atoms with Crippen LogP contribution in [0.25, 0.3) is 6.08 Å². The van der Waals surface area contributed by atoms with E-state index in [0.29, 0.717) is 47.7 Å². The molecular weight excluding hydrogens is 332 g/mol. The number of aliphatic carboxylic acids is 1. The monoisotopic (exact) mass is 347 g/mol. The average Bonchev–Trinajstić information content (AvgIpc) is 2.96. The van der Waals surface area contributed by atoms with Crippen LogP contribution in [0.15, 0.2) is 34.2 Å². The predicted octanol–water partition coefficient (Wildman–Crippen LogP) is 0.118. The topological polar surface area (TPSA) is 91.3 Å². The predicted molar refractivity (Wildman–Crippen MR) is 87.3 cm³/mol. The quantitative estimate of drug-likeness (QED) is 0.714. The molecule has 0 aliphatic carbocycles. The number of ether oxygens (including phenoxy) is 2. The number of carboxylic acid groups (broad SMARTS) is 1. The van der Waals surface area contributed by atoms with Crippen LogP contribution in [0.3, 0.4) is 0 Å².